The zero-order valence-electron chi connectivity index (χ0n) is 14.1. The molecule has 1 rings (SSSR count). The minimum absolute atomic E-state index is 0.0430. The first kappa shape index (κ1) is 18.3. The van der Waals surface area contributed by atoms with Crippen molar-refractivity contribution < 1.29 is 4.79 Å². The molecule has 124 valence electrons. The number of rotatable bonds is 11. The van der Waals surface area contributed by atoms with Gasteiger partial charge in [0.2, 0.25) is 0 Å². The molecule has 1 saturated carbocycles. The van der Waals surface area contributed by atoms with E-state index in [0.29, 0.717) is 6.04 Å². The van der Waals surface area contributed by atoms with Gasteiger partial charge in [-0.1, -0.05) is 77.6 Å². The van der Waals surface area contributed by atoms with Crippen LogP contribution in [-0.4, -0.2) is 18.6 Å². The predicted molar refractivity (Wildman–Crippen MR) is 90.6 cm³/mol. The van der Waals surface area contributed by atoms with Crippen LogP contribution in [0.1, 0.15) is 96.8 Å². The Kier molecular flexibility index (Phi) is 11.3. The first-order valence-corrected chi connectivity index (χ1v) is 9.37. The van der Waals surface area contributed by atoms with Crippen molar-refractivity contribution in [3.8, 4) is 0 Å². The van der Waals surface area contributed by atoms with E-state index in [9.17, 15) is 4.79 Å². The summed E-state index contributed by atoms with van der Waals surface area (Å²) in [5, 5.41) is 6.10. The van der Waals surface area contributed by atoms with Crippen LogP contribution in [0.15, 0.2) is 0 Å². The zero-order chi connectivity index (χ0) is 15.2. The number of amides is 2. The molecule has 0 aromatic carbocycles. The summed E-state index contributed by atoms with van der Waals surface area (Å²) in [6, 6.07) is 0.461. The van der Waals surface area contributed by atoms with Gasteiger partial charge in [0.1, 0.15) is 0 Å². The third kappa shape index (κ3) is 10.6. The van der Waals surface area contributed by atoms with Crippen LogP contribution in [-0.2, 0) is 0 Å². The lowest BCUT2D eigenvalue weighted by molar-refractivity contribution is 0.232. The van der Waals surface area contributed by atoms with Gasteiger partial charge in [-0.05, 0) is 19.3 Å². The summed E-state index contributed by atoms with van der Waals surface area (Å²) < 4.78 is 0. The van der Waals surface area contributed by atoms with Crippen molar-refractivity contribution in [2.45, 2.75) is 103 Å². The Balaban J connectivity index is 1.81. The predicted octanol–water partition coefficient (Wildman–Crippen LogP) is 5.15. The lowest BCUT2D eigenvalue weighted by Crippen LogP contribution is -2.43. The van der Waals surface area contributed by atoms with Gasteiger partial charge in [0.15, 0.2) is 0 Å². The summed E-state index contributed by atoms with van der Waals surface area (Å²) in [7, 11) is 0. The molecule has 3 nitrogen and oxygen atoms in total. The van der Waals surface area contributed by atoms with E-state index in [4.69, 9.17) is 0 Å². The quantitative estimate of drug-likeness (QED) is 0.509. The highest BCUT2D eigenvalue weighted by atomic mass is 16.2. The Labute approximate surface area is 131 Å². The van der Waals surface area contributed by atoms with Gasteiger partial charge in [-0.3, -0.25) is 0 Å². The highest BCUT2D eigenvalue weighted by Gasteiger charge is 2.14. The van der Waals surface area contributed by atoms with Crippen molar-refractivity contribution in [1.29, 1.82) is 0 Å². The Morgan fingerprint density at radius 1 is 0.857 bits per heavy atom. The zero-order valence-corrected chi connectivity index (χ0v) is 14.1. The summed E-state index contributed by atoms with van der Waals surface area (Å²) >= 11 is 0. The number of hydrogen-bond acceptors (Lipinski definition) is 1. The summed E-state index contributed by atoms with van der Waals surface area (Å²) in [5.41, 5.74) is 0. The molecule has 0 aliphatic heterocycles. The van der Waals surface area contributed by atoms with Gasteiger partial charge in [0.25, 0.3) is 0 Å². The first-order chi connectivity index (χ1) is 10.3. The molecule has 2 amide bonds. The number of urea groups is 1. The number of nitrogens with one attached hydrogen (secondary N) is 2. The summed E-state index contributed by atoms with van der Waals surface area (Å²) in [6.07, 6.45) is 18.1. The van der Waals surface area contributed by atoms with E-state index in [2.05, 4.69) is 17.6 Å². The van der Waals surface area contributed by atoms with Gasteiger partial charge in [0.05, 0.1) is 0 Å². The molecule has 1 fully saturated rings. The summed E-state index contributed by atoms with van der Waals surface area (Å²) in [5.74, 6) is 0. The van der Waals surface area contributed by atoms with E-state index in [1.807, 2.05) is 0 Å². The van der Waals surface area contributed by atoms with E-state index >= 15 is 0 Å². The molecule has 21 heavy (non-hydrogen) atoms. The smallest absolute Gasteiger partial charge is 0.315 e. The topological polar surface area (TPSA) is 41.1 Å². The van der Waals surface area contributed by atoms with Crippen molar-refractivity contribution in [3.63, 3.8) is 0 Å². The van der Waals surface area contributed by atoms with Crippen LogP contribution in [0.25, 0.3) is 0 Å². The molecule has 0 spiro atoms. The fourth-order valence-corrected chi connectivity index (χ4v) is 3.12. The maximum atomic E-state index is 11.7. The maximum absolute atomic E-state index is 11.7. The highest BCUT2D eigenvalue weighted by Crippen LogP contribution is 2.17. The Morgan fingerprint density at radius 2 is 1.43 bits per heavy atom. The average Bonchev–Trinajstić information content (AvgIpc) is 2.50. The molecule has 2 N–H and O–H groups in total. The molecule has 3 heteroatoms. The second-order valence-electron chi connectivity index (χ2n) is 6.56. The summed E-state index contributed by atoms with van der Waals surface area (Å²) in [6.45, 7) is 3.09. The number of hydrogen-bond donors (Lipinski definition) is 2. The van der Waals surface area contributed by atoms with Gasteiger partial charge in [0, 0.05) is 12.6 Å². The fourth-order valence-electron chi connectivity index (χ4n) is 3.12. The molecule has 0 aromatic rings. The van der Waals surface area contributed by atoms with E-state index < -0.39 is 0 Å². The van der Waals surface area contributed by atoms with Crippen molar-refractivity contribution in [2.75, 3.05) is 6.54 Å². The maximum Gasteiger partial charge on any atom is 0.315 e. The average molecular weight is 296 g/mol. The SMILES string of the molecule is CCCCCCCCCCCNC(=O)NC1CCCCC1. The van der Waals surface area contributed by atoms with E-state index in [1.54, 1.807) is 0 Å². The Bertz CT molecular complexity index is 250. The molecular weight excluding hydrogens is 260 g/mol. The van der Waals surface area contributed by atoms with Gasteiger partial charge in [-0.2, -0.15) is 0 Å². The Hall–Kier alpha value is -0.730. The van der Waals surface area contributed by atoms with Crippen molar-refractivity contribution >= 4 is 6.03 Å². The first-order valence-electron chi connectivity index (χ1n) is 9.37. The molecule has 0 unspecified atom stereocenters. The number of unbranched alkanes of at least 4 members (excludes halogenated alkanes) is 8. The molecular formula is C18H36N2O. The highest BCUT2D eigenvalue weighted by molar-refractivity contribution is 5.74. The molecule has 1 aliphatic rings. The molecule has 0 radical (unpaired) electrons. The Morgan fingerprint density at radius 3 is 2.05 bits per heavy atom. The van der Waals surface area contributed by atoms with E-state index in [1.165, 1.54) is 70.6 Å². The third-order valence-electron chi connectivity index (χ3n) is 4.51. The monoisotopic (exact) mass is 296 g/mol. The van der Waals surface area contributed by atoms with Crippen LogP contribution < -0.4 is 10.6 Å². The lowest BCUT2D eigenvalue weighted by atomic mass is 9.96. The minimum Gasteiger partial charge on any atom is -0.338 e. The molecule has 0 heterocycles. The van der Waals surface area contributed by atoms with Crippen molar-refractivity contribution in [2.24, 2.45) is 0 Å². The normalized spacial score (nSPS) is 15.9. The molecule has 0 atom stereocenters. The standard InChI is InChI=1S/C18H36N2O/c1-2-3-4-5-6-7-8-9-13-16-19-18(21)20-17-14-11-10-12-15-17/h17H,2-16H2,1H3,(H2,19,20,21). The van der Waals surface area contributed by atoms with E-state index in [0.717, 1.165) is 25.8 Å². The van der Waals surface area contributed by atoms with Crippen LogP contribution in [0, 0.1) is 0 Å². The van der Waals surface area contributed by atoms with Crippen molar-refractivity contribution in [1.82, 2.24) is 10.6 Å². The van der Waals surface area contributed by atoms with Gasteiger partial charge < -0.3 is 10.6 Å². The third-order valence-corrected chi connectivity index (χ3v) is 4.51. The van der Waals surface area contributed by atoms with Crippen LogP contribution in [0.2, 0.25) is 0 Å². The van der Waals surface area contributed by atoms with Crippen LogP contribution in [0.4, 0.5) is 4.79 Å². The largest absolute Gasteiger partial charge is 0.338 e. The molecule has 1 aliphatic carbocycles. The van der Waals surface area contributed by atoms with Gasteiger partial charge >= 0.3 is 6.03 Å². The number of carbonyl (C=O) groups excluding carboxylic acids is 1. The lowest BCUT2D eigenvalue weighted by Gasteiger charge is -2.22. The molecule has 0 saturated heterocycles. The van der Waals surface area contributed by atoms with Gasteiger partial charge in [-0.15, -0.1) is 0 Å². The second kappa shape index (κ2) is 13.0. The minimum atomic E-state index is 0.0430. The van der Waals surface area contributed by atoms with Crippen LogP contribution in [0.5, 0.6) is 0 Å². The number of carbonyl (C=O) groups is 1. The van der Waals surface area contributed by atoms with Crippen LogP contribution in [0.3, 0.4) is 0 Å². The fraction of sp³-hybridized carbons (Fsp3) is 0.944. The van der Waals surface area contributed by atoms with E-state index in [-0.39, 0.29) is 6.03 Å². The second-order valence-corrected chi connectivity index (χ2v) is 6.56. The molecule has 0 aromatic heterocycles. The van der Waals surface area contributed by atoms with Crippen LogP contribution >= 0.6 is 0 Å². The summed E-state index contributed by atoms with van der Waals surface area (Å²) in [4.78, 5) is 11.7. The van der Waals surface area contributed by atoms with Crippen molar-refractivity contribution in [3.05, 3.63) is 0 Å². The van der Waals surface area contributed by atoms with Gasteiger partial charge in [-0.25, -0.2) is 4.79 Å². The molecule has 0 bridgehead atoms.